The van der Waals surface area contributed by atoms with Gasteiger partial charge in [-0.2, -0.15) is 0 Å². The molecule has 0 amide bonds. The molecular formula is C2H6BBrClNO. The summed E-state index contributed by atoms with van der Waals surface area (Å²) in [4.78, 5) is 0. The highest BCUT2D eigenvalue weighted by Crippen LogP contribution is 1.74. The van der Waals surface area contributed by atoms with Gasteiger partial charge in [0.2, 0.25) is 7.41 Å². The van der Waals surface area contributed by atoms with E-state index < -0.39 is 0 Å². The molecule has 0 aromatic carbocycles. The third-order valence-electron chi connectivity index (χ3n) is 0.428. The molecule has 1 N–H and O–H groups in total. The van der Waals surface area contributed by atoms with Crippen LogP contribution in [0.4, 0.5) is 0 Å². The van der Waals surface area contributed by atoms with E-state index >= 15 is 0 Å². The van der Waals surface area contributed by atoms with Crippen molar-refractivity contribution in [2.45, 2.75) is 0 Å². The lowest BCUT2D eigenvalue weighted by Crippen LogP contribution is -2.21. The average Bonchev–Trinajstić information content (AvgIpc) is 1.69. The van der Waals surface area contributed by atoms with Crippen molar-refractivity contribution in [1.82, 2.24) is 5.23 Å². The lowest BCUT2D eigenvalue weighted by Gasteiger charge is -1.92. The molecule has 2 nitrogen and oxygen atoms in total. The van der Waals surface area contributed by atoms with Crippen molar-refractivity contribution in [3.05, 3.63) is 0 Å². The van der Waals surface area contributed by atoms with Crippen LogP contribution in [0.5, 0.6) is 0 Å². The zero-order chi connectivity index (χ0) is 5.54. The second-order valence-corrected chi connectivity index (χ2v) is 1.95. The van der Waals surface area contributed by atoms with E-state index in [1.54, 1.807) is 0 Å². The molecule has 0 heterocycles. The average molecular weight is 186 g/mol. The van der Waals surface area contributed by atoms with Crippen LogP contribution >= 0.6 is 27.8 Å². The summed E-state index contributed by atoms with van der Waals surface area (Å²) in [5.74, 6) is 0. The van der Waals surface area contributed by atoms with Gasteiger partial charge in [-0.25, -0.2) is 0 Å². The normalized spacial score (nSPS) is 8.86. The molecule has 0 unspecified atom stereocenters. The highest BCUT2D eigenvalue weighted by Gasteiger charge is 1.82. The molecule has 0 aliphatic rings. The van der Waals surface area contributed by atoms with Gasteiger partial charge >= 0.3 is 0 Å². The quantitative estimate of drug-likeness (QED) is 0.297. The van der Waals surface area contributed by atoms with Crippen molar-refractivity contribution in [2.75, 3.05) is 12.0 Å². The van der Waals surface area contributed by atoms with Crippen LogP contribution in [0, 0.1) is 0 Å². The fourth-order valence-corrected chi connectivity index (χ4v) is 0.535. The highest BCUT2D eigenvalue weighted by molar-refractivity contribution is 9.09. The lowest BCUT2D eigenvalue weighted by molar-refractivity contribution is 0.346. The molecule has 0 spiro atoms. The zero-order valence-electron chi connectivity index (χ0n) is 3.79. The van der Waals surface area contributed by atoms with E-state index in [4.69, 9.17) is 11.9 Å². The van der Waals surface area contributed by atoms with Crippen molar-refractivity contribution in [3.63, 3.8) is 0 Å². The number of hydrogen-bond donors (Lipinski definition) is 1. The van der Waals surface area contributed by atoms with Gasteiger partial charge in [0.15, 0.2) is 0 Å². The number of halogens is 2. The number of hydrogen-bond acceptors (Lipinski definition) is 2. The molecule has 0 atom stereocenters. The third kappa shape index (κ3) is 6.75. The molecule has 0 radical (unpaired) electrons. The van der Waals surface area contributed by atoms with Crippen LogP contribution in [0.25, 0.3) is 0 Å². The van der Waals surface area contributed by atoms with Crippen molar-refractivity contribution in [1.29, 1.82) is 0 Å². The first-order valence-electron chi connectivity index (χ1n) is 1.92. The number of rotatable bonds is 4. The maximum Gasteiger partial charge on any atom is 0.214 e. The minimum Gasteiger partial charge on any atom is -0.335 e. The molecule has 0 bridgehead atoms. The molecule has 0 rings (SSSR count). The molecule has 0 fully saturated rings. The van der Waals surface area contributed by atoms with Crippen LogP contribution in [-0.4, -0.2) is 19.4 Å². The van der Waals surface area contributed by atoms with E-state index in [0.717, 1.165) is 12.6 Å². The smallest absolute Gasteiger partial charge is 0.214 e. The summed E-state index contributed by atoms with van der Waals surface area (Å²) in [6.07, 6.45) is 0. The summed E-state index contributed by atoms with van der Waals surface area (Å²) < 4.78 is 4.18. The molecule has 5 heteroatoms. The Balaban J connectivity index is 2.45. The van der Waals surface area contributed by atoms with Gasteiger partial charge in [0, 0.05) is 0 Å². The van der Waals surface area contributed by atoms with E-state index in [9.17, 15) is 0 Å². The van der Waals surface area contributed by atoms with Crippen molar-refractivity contribution in [2.24, 2.45) is 0 Å². The standard InChI is InChI=1S/C2H6BBrClNO/c4-1-3-6-2-7-5/h3,6H,1-2H2. The first-order chi connectivity index (χ1) is 3.41. The second-order valence-electron chi connectivity index (χ2n) is 0.942. The zero-order valence-corrected chi connectivity index (χ0v) is 6.13. The topological polar surface area (TPSA) is 21.3 Å². The molecular weight excluding hydrogens is 180 g/mol. The van der Waals surface area contributed by atoms with Gasteiger partial charge in [-0.05, 0) is 5.23 Å². The summed E-state index contributed by atoms with van der Waals surface area (Å²) in [5.41, 5.74) is 0. The van der Waals surface area contributed by atoms with Crippen LogP contribution < -0.4 is 5.23 Å². The largest absolute Gasteiger partial charge is 0.335 e. The van der Waals surface area contributed by atoms with Gasteiger partial charge < -0.3 is 5.23 Å². The number of alkyl halides is 1. The highest BCUT2D eigenvalue weighted by atomic mass is 79.9. The Kier molecular flexibility index (Phi) is 7.48. The Morgan fingerprint density at radius 3 is 3.00 bits per heavy atom. The predicted octanol–water partition coefficient (Wildman–Crippen LogP) is 0.408. The van der Waals surface area contributed by atoms with Crippen LogP contribution in [0.1, 0.15) is 0 Å². The molecule has 0 aliphatic carbocycles. The van der Waals surface area contributed by atoms with E-state index in [1.165, 1.54) is 0 Å². The van der Waals surface area contributed by atoms with Gasteiger partial charge in [-0.3, -0.25) is 4.29 Å². The van der Waals surface area contributed by atoms with E-state index in [-0.39, 0.29) is 0 Å². The molecule has 0 aromatic heterocycles. The molecule has 0 saturated carbocycles. The maximum absolute atomic E-state index is 4.86. The van der Waals surface area contributed by atoms with Gasteiger partial charge in [0.1, 0.15) is 6.73 Å². The minimum atomic E-state index is 0.410. The lowest BCUT2D eigenvalue weighted by atomic mass is 10.0. The van der Waals surface area contributed by atoms with E-state index in [0.29, 0.717) is 6.73 Å². The Labute approximate surface area is 57.1 Å². The van der Waals surface area contributed by atoms with Crippen LogP contribution in [0.2, 0.25) is 0 Å². The van der Waals surface area contributed by atoms with Crippen LogP contribution in [0.3, 0.4) is 0 Å². The fraction of sp³-hybridized carbons (Fsp3) is 1.00. The van der Waals surface area contributed by atoms with Crippen LogP contribution in [0.15, 0.2) is 0 Å². The van der Waals surface area contributed by atoms with Gasteiger partial charge in [0.25, 0.3) is 0 Å². The predicted molar refractivity (Wildman–Crippen MR) is 35.9 cm³/mol. The summed E-state index contributed by atoms with van der Waals surface area (Å²) >= 11 is 8.08. The summed E-state index contributed by atoms with van der Waals surface area (Å²) in [5, 5.41) is 3.81. The second kappa shape index (κ2) is 6.75. The summed E-state index contributed by atoms with van der Waals surface area (Å²) in [6, 6.07) is 0. The van der Waals surface area contributed by atoms with Crippen molar-refractivity contribution >= 4 is 35.2 Å². The van der Waals surface area contributed by atoms with Gasteiger partial charge in [0.05, 0.1) is 11.9 Å². The fourth-order valence-electron chi connectivity index (χ4n) is 0.178. The Bertz CT molecular complexity index is 36.9. The SMILES string of the molecule is ClOCNBCBr. The molecule has 0 saturated heterocycles. The molecule has 42 valence electrons. The maximum atomic E-state index is 4.86. The van der Waals surface area contributed by atoms with E-state index in [1.807, 2.05) is 0 Å². The Morgan fingerprint density at radius 1 is 1.86 bits per heavy atom. The molecule has 0 aliphatic heterocycles. The van der Waals surface area contributed by atoms with Crippen LogP contribution in [-0.2, 0) is 4.29 Å². The molecule has 0 aromatic rings. The number of nitrogens with one attached hydrogen (secondary N) is 1. The third-order valence-corrected chi connectivity index (χ3v) is 0.933. The van der Waals surface area contributed by atoms with Crippen molar-refractivity contribution in [3.8, 4) is 0 Å². The summed E-state index contributed by atoms with van der Waals surface area (Å²) in [7, 11) is 0.882. The van der Waals surface area contributed by atoms with Gasteiger partial charge in [-0.1, -0.05) is 0 Å². The van der Waals surface area contributed by atoms with E-state index in [2.05, 4.69) is 25.4 Å². The first-order valence-corrected chi connectivity index (χ1v) is 3.35. The Hall–Kier alpha value is 0.755. The Morgan fingerprint density at radius 2 is 2.57 bits per heavy atom. The minimum absolute atomic E-state index is 0.410. The first kappa shape index (κ1) is 7.75. The van der Waals surface area contributed by atoms with Crippen molar-refractivity contribution < 1.29 is 4.29 Å². The monoisotopic (exact) mass is 185 g/mol. The molecule has 7 heavy (non-hydrogen) atoms. The van der Waals surface area contributed by atoms with Gasteiger partial charge in [-0.15, -0.1) is 15.9 Å². The summed E-state index contributed by atoms with van der Waals surface area (Å²) in [6.45, 7) is 0.410.